The molecule has 136 valence electrons. The van der Waals surface area contributed by atoms with Gasteiger partial charge in [-0.25, -0.2) is 0 Å². The first kappa shape index (κ1) is 19.9. The number of nitrogens with one attached hydrogen (secondary N) is 1. The Hall–Kier alpha value is -2.42. The third kappa shape index (κ3) is 5.55. The summed E-state index contributed by atoms with van der Waals surface area (Å²) in [4.78, 5) is 10.8. The van der Waals surface area contributed by atoms with E-state index in [1.54, 1.807) is 12.1 Å². The van der Waals surface area contributed by atoms with Crippen LogP contribution in [0, 0.1) is 11.3 Å². The molecule has 0 aliphatic rings. The van der Waals surface area contributed by atoms with Crippen molar-refractivity contribution in [1.29, 1.82) is 5.26 Å². The minimum Gasteiger partial charge on any atom is -0.486 e. The van der Waals surface area contributed by atoms with Crippen molar-refractivity contribution in [2.75, 3.05) is 11.9 Å². The molecule has 5 nitrogen and oxygen atoms in total. The second-order valence-electron chi connectivity index (χ2n) is 5.70. The number of carboxylic acids is 1. The van der Waals surface area contributed by atoms with E-state index in [0.29, 0.717) is 11.1 Å². The average molecular weight is 393 g/mol. The van der Waals surface area contributed by atoms with Gasteiger partial charge < -0.3 is 15.2 Å². The van der Waals surface area contributed by atoms with Crippen molar-refractivity contribution in [2.45, 2.75) is 26.4 Å². The average Bonchev–Trinajstić information content (AvgIpc) is 2.58. The molecule has 0 atom stereocenters. The molecule has 0 bridgehead atoms. The second kappa shape index (κ2) is 9.33. The predicted molar refractivity (Wildman–Crippen MR) is 102 cm³/mol. The molecule has 2 aromatic carbocycles. The molecule has 0 fully saturated rings. The molecule has 2 rings (SSSR count). The number of nitrogens with zero attached hydrogens (tertiary/aromatic N) is 1. The van der Waals surface area contributed by atoms with Crippen LogP contribution in [0.1, 0.15) is 30.0 Å². The molecule has 0 aliphatic carbocycles. The molecule has 0 heterocycles. The van der Waals surface area contributed by atoms with E-state index in [1.165, 1.54) is 12.1 Å². The lowest BCUT2D eigenvalue weighted by Crippen LogP contribution is -2.03. The summed E-state index contributed by atoms with van der Waals surface area (Å²) in [6.07, 6.45) is 0.799. The summed E-state index contributed by atoms with van der Waals surface area (Å²) in [6.45, 7) is 3.04. The predicted octanol–water partition coefficient (Wildman–Crippen LogP) is 4.89. The minimum absolute atomic E-state index is 0.170. The van der Waals surface area contributed by atoms with Gasteiger partial charge in [-0.1, -0.05) is 30.1 Å². The number of halogens is 2. The monoisotopic (exact) mass is 392 g/mol. The number of benzene rings is 2. The summed E-state index contributed by atoms with van der Waals surface area (Å²) < 4.78 is 5.72. The number of hydrogen-bond acceptors (Lipinski definition) is 4. The number of hydrogen-bond donors (Lipinski definition) is 2. The summed E-state index contributed by atoms with van der Waals surface area (Å²) in [7, 11) is 0. The Balaban J connectivity index is 2.18. The molecule has 0 saturated carbocycles. The van der Waals surface area contributed by atoms with Crippen molar-refractivity contribution in [1.82, 2.24) is 0 Å². The summed E-state index contributed by atoms with van der Waals surface area (Å²) in [6, 6.07) is 10.6. The van der Waals surface area contributed by atoms with E-state index in [0.717, 1.165) is 24.2 Å². The number of carboxylic acid groups (broad SMARTS) is 1. The lowest BCUT2D eigenvalue weighted by atomic mass is 10.1. The summed E-state index contributed by atoms with van der Waals surface area (Å²) in [5.74, 6) is -0.681. The fourth-order valence-corrected chi connectivity index (χ4v) is 3.04. The van der Waals surface area contributed by atoms with E-state index < -0.39 is 5.97 Å². The Kier molecular flexibility index (Phi) is 7.14. The van der Waals surface area contributed by atoms with Gasteiger partial charge in [0.2, 0.25) is 0 Å². The van der Waals surface area contributed by atoms with Crippen molar-refractivity contribution in [3.8, 4) is 11.8 Å². The van der Waals surface area contributed by atoms with Crippen molar-refractivity contribution < 1.29 is 14.6 Å². The van der Waals surface area contributed by atoms with Crippen LogP contribution in [0.25, 0.3) is 0 Å². The van der Waals surface area contributed by atoms with Gasteiger partial charge in [0, 0.05) is 12.2 Å². The minimum atomic E-state index is -0.966. The first-order chi connectivity index (χ1) is 12.4. The number of ether oxygens (including phenoxy) is 1. The zero-order valence-corrected chi connectivity index (χ0v) is 15.7. The Morgan fingerprint density at radius 3 is 2.46 bits per heavy atom. The zero-order chi connectivity index (χ0) is 19.1. The molecule has 2 N–H and O–H groups in total. The Bertz CT molecular complexity index is 824. The third-order valence-corrected chi connectivity index (χ3v) is 4.06. The fraction of sp³-hybridized carbons (Fsp3) is 0.263. The van der Waals surface area contributed by atoms with Crippen LogP contribution in [-0.2, 0) is 17.8 Å². The van der Waals surface area contributed by atoms with Gasteiger partial charge in [0.1, 0.15) is 6.61 Å². The second-order valence-corrected chi connectivity index (χ2v) is 6.52. The van der Waals surface area contributed by atoms with E-state index in [4.69, 9.17) is 33.0 Å². The van der Waals surface area contributed by atoms with Crippen molar-refractivity contribution >= 4 is 34.9 Å². The van der Waals surface area contributed by atoms with Gasteiger partial charge in [0.15, 0.2) is 5.75 Å². The van der Waals surface area contributed by atoms with Crippen molar-refractivity contribution in [2.24, 2.45) is 0 Å². The number of aliphatic carboxylic acids is 1. The molecule has 0 radical (unpaired) electrons. The fourth-order valence-electron chi connectivity index (χ4n) is 2.39. The standard InChI is InChI=1S/C19H18Cl2N2O3/c1-2-3-23-15-5-13(10-22)4-14(6-15)11-26-19-16(20)7-12(8-17(19)21)9-18(24)25/h4-8,23H,2-3,9,11H2,1H3,(H,24,25). The van der Waals surface area contributed by atoms with E-state index in [1.807, 2.05) is 6.07 Å². The maximum Gasteiger partial charge on any atom is 0.307 e. The van der Waals surface area contributed by atoms with Gasteiger partial charge in [-0.2, -0.15) is 5.26 Å². The number of carbonyl (C=O) groups is 1. The SMILES string of the molecule is CCCNc1cc(C#N)cc(COc2c(Cl)cc(CC(=O)O)cc2Cl)c1. The van der Waals surface area contributed by atoms with Gasteiger partial charge in [0.25, 0.3) is 0 Å². The van der Waals surface area contributed by atoms with Gasteiger partial charge in [0.05, 0.1) is 28.1 Å². The summed E-state index contributed by atoms with van der Waals surface area (Å²) >= 11 is 12.4. The lowest BCUT2D eigenvalue weighted by Gasteiger charge is -2.13. The lowest BCUT2D eigenvalue weighted by molar-refractivity contribution is -0.136. The van der Waals surface area contributed by atoms with Gasteiger partial charge >= 0.3 is 5.97 Å². The quantitative estimate of drug-likeness (QED) is 0.667. The first-order valence-corrected chi connectivity index (χ1v) is 8.79. The highest BCUT2D eigenvalue weighted by atomic mass is 35.5. The van der Waals surface area contributed by atoms with Crippen molar-refractivity contribution in [3.63, 3.8) is 0 Å². The molecular weight excluding hydrogens is 375 g/mol. The molecule has 0 aliphatic heterocycles. The van der Waals surface area contributed by atoms with Crippen LogP contribution < -0.4 is 10.1 Å². The summed E-state index contributed by atoms with van der Waals surface area (Å²) in [5, 5.41) is 21.8. The maximum atomic E-state index is 10.8. The molecule has 2 aromatic rings. The normalized spacial score (nSPS) is 10.2. The summed E-state index contributed by atoms with van der Waals surface area (Å²) in [5.41, 5.74) is 2.67. The Morgan fingerprint density at radius 2 is 1.88 bits per heavy atom. The van der Waals surface area contributed by atoms with Crippen LogP contribution in [0.5, 0.6) is 5.75 Å². The van der Waals surface area contributed by atoms with E-state index >= 15 is 0 Å². The van der Waals surface area contributed by atoms with Crippen LogP contribution >= 0.6 is 23.2 Å². The molecule has 26 heavy (non-hydrogen) atoms. The molecule has 0 unspecified atom stereocenters. The molecular formula is C19H18Cl2N2O3. The maximum absolute atomic E-state index is 10.8. The van der Waals surface area contributed by atoms with Crippen LogP contribution in [-0.4, -0.2) is 17.6 Å². The number of nitriles is 1. The van der Waals surface area contributed by atoms with Gasteiger partial charge in [-0.3, -0.25) is 4.79 Å². The number of rotatable bonds is 8. The molecule has 0 saturated heterocycles. The molecule has 0 amide bonds. The van der Waals surface area contributed by atoms with Crippen LogP contribution in [0.4, 0.5) is 5.69 Å². The van der Waals surface area contributed by atoms with E-state index in [-0.39, 0.29) is 28.8 Å². The topological polar surface area (TPSA) is 82.3 Å². The highest BCUT2D eigenvalue weighted by Gasteiger charge is 2.12. The Labute approximate surface area is 162 Å². The van der Waals surface area contributed by atoms with Gasteiger partial charge in [-0.15, -0.1) is 0 Å². The smallest absolute Gasteiger partial charge is 0.307 e. The highest BCUT2D eigenvalue weighted by Crippen LogP contribution is 2.35. The first-order valence-electron chi connectivity index (χ1n) is 8.03. The number of anilines is 1. The van der Waals surface area contributed by atoms with E-state index in [9.17, 15) is 10.1 Å². The van der Waals surface area contributed by atoms with Crippen LogP contribution in [0.3, 0.4) is 0 Å². The van der Waals surface area contributed by atoms with Crippen LogP contribution in [0.2, 0.25) is 10.0 Å². The van der Waals surface area contributed by atoms with Crippen LogP contribution in [0.15, 0.2) is 30.3 Å². The third-order valence-electron chi connectivity index (χ3n) is 3.50. The zero-order valence-electron chi connectivity index (χ0n) is 14.2. The highest BCUT2D eigenvalue weighted by molar-refractivity contribution is 6.37. The van der Waals surface area contributed by atoms with Gasteiger partial charge in [-0.05, 0) is 47.9 Å². The van der Waals surface area contributed by atoms with E-state index in [2.05, 4.69) is 18.3 Å². The Morgan fingerprint density at radius 1 is 1.19 bits per heavy atom. The molecule has 7 heteroatoms. The molecule has 0 spiro atoms. The molecule has 0 aromatic heterocycles. The largest absolute Gasteiger partial charge is 0.486 e. The van der Waals surface area contributed by atoms with Crippen molar-refractivity contribution in [3.05, 3.63) is 57.1 Å².